The molecule has 3 aromatic rings. The van der Waals surface area contributed by atoms with Gasteiger partial charge in [0.05, 0.1) is 10.9 Å². The molecule has 1 nitrogen and oxygen atoms in total. The molecule has 1 aromatic heterocycles. The molecular weight excluding hydrogens is 350 g/mol. The maximum Gasteiger partial charge on any atom is 0.220 e. The van der Waals surface area contributed by atoms with E-state index < -0.39 is 13.2 Å². The first-order valence-corrected chi connectivity index (χ1v) is 10.8. The number of aromatic nitrogens is 1. The highest BCUT2D eigenvalue weighted by atomic mass is 14.9. The Kier molecular flexibility index (Phi) is 3.87. The molecule has 1 aliphatic carbocycles. The molecule has 0 saturated heterocycles. The van der Waals surface area contributed by atoms with Crippen LogP contribution >= 0.6 is 0 Å². The first-order chi connectivity index (χ1) is 15.7. The average Bonchev–Trinajstić information content (AvgIpc) is 2.72. The molecule has 0 amide bonds. The molecule has 2 aromatic carbocycles. The van der Waals surface area contributed by atoms with Crippen molar-refractivity contribution < 1.29 is 11.4 Å². The van der Waals surface area contributed by atoms with Crippen LogP contribution in [-0.2, 0) is 13.4 Å². The number of hydrogen-bond donors (Lipinski definition) is 0. The summed E-state index contributed by atoms with van der Waals surface area (Å²) >= 11 is 0. The molecule has 1 saturated carbocycles. The van der Waals surface area contributed by atoms with Gasteiger partial charge in [0.2, 0.25) is 5.69 Å². The Morgan fingerprint density at radius 2 is 1.90 bits per heavy atom. The third-order valence-corrected chi connectivity index (χ3v) is 6.90. The molecule has 1 fully saturated rings. The highest BCUT2D eigenvalue weighted by molar-refractivity contribution is 5.94. The molecule has 0 bridgehead atoms. The summed E-state index contributed by atoms with van der Waals surface area (Å²) in [6.45, 7) is 5.79. The molecule has 0 unspecified atom stereocenters. The fraction of sp³-hybridized carbons (Fsp3) is 0.464. The topological polar surface area (TPSA) is 3.88 Å². The zero-order valence-corrected chi connectivity index (χ0v) is 18.4. The van der Waals surface area contributed by atoms with E-state index in [9.17, 15) is 0 Å². The van der Waals surface area contributed by atoms with Crippen molar-refractivity contribution in [3.05, 3.63) is 64.8 Å². The minimum Gasteiger partial charge on any atom is -0.200 e. The van der Waals surface area contributed by atoms with Gasteiger partial charge in [-0.2, -0.15) is 0 Å². The van der Waals surface area contributed by atoms with E-state index in [0.717, 1.165) is 27.6 Å². The maximum atomic E-state index is 8.34. The Morgan fingerprint density at radius 1 is 1.14 bits per heavy atom. The van der Waals surface area contributed by atoms with Crippen molar-refractivity contribution in [3.63, 3.8) is 0 Å². The minimum absolute atomic E-state index is 0.173. The molecule has 0 spiro atoms. The third kappa shape index (κ3) is 3.84. The van der Waals surface area contributed by atoms with E-state index in [2.05, 4.69) is 38.1 Å². The maximum absolute atomic E-state index is 8.34. The van der Waals surface area contributed by atoms with Gasteiger partial charge in [0, 0.05) is 12.9 Å². The van der Waals surface area contributed by atoms with Crippen molar-refractivity contribution in [3.8, 4) is 11.3 Å². The Bertz CT molecular complexity index is 1220. The average molecular weight is 392 g/mol. The molecule has 0 N–H and O–H groups in total. The van der Waals surface area contributed by atoms with Crippen LogP contribution in [0.1, 0.15) is 81.5 Å². The van der Waals surface area contributed by atoms with Gasteiger partial charge < -0.3 is 0 Å². The smallest absolute Gasteiger partial charge is 0.200 e. The summed E-state index contributed by atoms with van der Waals surface area (Å²) in [5.41, 5.74) is 4.88. The van der Waals surface area contributed by atoms with Crippen LogP contribution < -0.4 is 4.57 Å². The van der Waals surface area contributed by atoms with Gasteiger partial charge in [-0.1, -0.05) is 39.0 Å². The Hall–Kier alpha value is -2.15. The first-order valence-electron chi connectivity index (χ1n) is 13.3. The van der Waals surface area contributed by atoms with Crippen molar-refractivity contribution >= 4 is 10.8 Å². The van der Waals surface area contributed by atoms with Crippen LogP contribution in [0.2, 0.25) is 0 Å². The van der Waals surface area contributed by atoms with Crippen LogP contribution in [0.5, 0.6) is 0 Å². The molecular formula is C28H36N+. The van der Waals surface area contributed by atoms with Crippen LogP contribution in [0.25, 0.3) is 22.0 Å². The van der Waals surface area contributed by atoms with E-state index in [0.29, 0.717) is 16.9 Å². The Morgan fingerprint density at radius 3 is 2.59 bits per heavy atom. The summed E-state index contributed by atoms with van der Waals surface area (Å²) in [6, 6.07) is 12.1. The molecule has 152 valence electrons. The van der Waals surface area contributed by atoms with E-state index in [1.54, 1.807) is 6.07 Å². The van der Waals surface area contributed by atoms with Crippen molar-refractivity contribution in [2.24, 2.45) is 12.5 Å². The van der Waals surface area contributed by atoms with Gasteiger partial charge in [0.25, 0.3) is 0 Å². The van der Waals surface area contributed by atoms with E-state index >= 15 is 0 Å². The largest absolute Gasteiger partial charge is 0.220 e. The minimum atomic E-state index is -2.31. The van der Waals surface area contributed by atoms with E-state index in [1.165, 1.54) is 44.2 Å². The second-order valence-electron chi connectivity index (χ2n) is 9.51. The molecule has 0 atom stereocenters. The number of nitrogens with zero attached hydrogens (tertiary/aromatic N) is 1. The van der Waals surface area contributed by atoms with Crippen molar-refractivity contribution in [2.75, 3.05) is 0 Å². The zero-order valence-electron chi connectivity index (χ0n) is 23.4. The number of pyridine rings is 1. The van der Waals surface area contributed by atoms with E-state index in [-0.39, 0.29) is 5.56 Å². The molecule has 1 heterocycles. The highest BCUT2D eigenvalue weighted by Crippen LogP contribution is 2.43. The molecule has 1 aliphatic rings. The van der Waals surface area contributed by atoms with E-state index in [1.807, 2.05) is 24.7 Å². The fourth-order valence-corrected chi connectivity index (χ4v) is 4.93. The predicted octanol–water partition coefficient (Wildman–Crippen LogP) is 7.19. The van der Waals surface area contributed by atoms with Crippen molar-refractivity contribution in [2.45, 2.75) is 72.5 Å². The number of benzene rings is 2. The number of aryl methyl sites for hydroxylation is 3. The predicted molar refractivity (Wildman–Crippen MR) is 124 cm³/mol. The lowest BCUT2D eigenvalue weighted by molar-refractivity contribution is -0.659. The summed E-state index contributed by atoms with van der Waals surface area (Å²) < 4.78 is 42.7. The van der Waals surface area contributed by atoms with Crippen LogP contribution in [0.3, 0.4) is 0 Å². The van der Waals surface area contributed by atoms with Gasteiger partial charge in [-0.25, -0.2) is 4.57 Å². The van der Waals surface area contributed by atoms with Gasteiger partial charge in [0.1, 0.15) is 7.05 Å². The lowest BCUT2D eigenvalue weighted by atomic mass is 9.71. The quantitative estimate of drug-likeness (QED) is 0.416. The third-order valence-electron chi connectivity index (χ3n) is 6.90. The van der Waals surface area contributed by atoms with E-state index in [4.69, 9.17) is 6.85 Å². The van der Waals surface area contributed by atoms with Gasteiger partial charge >= 0.3 is 0 Å². The summed E-state index contributed by atoms with van der Waals surface area (Å²) in [5, 5.41) is 2.19. The van der Waals surface area contributed by atoms with Crippen LogP contribution in [0, 0.1) is 19.2 Å². The normalized spacial score (nSPS) is 20.5. The first kappa shape index (κ1) is 14.8. The lowest BCUT2D eigenvalue weighted by Gasteiger charge is -2.34. The molecule has 0 aliphatic heterocycles. The van der Waals surface area contributed by atoms with Crippen LogP contribution in [-0.4, -0.2) is 0 Å². The van der Waals surface area contributed by atoms with Crippen molar-refractivity contribution in [1.29, 1.82) is 0 Å². The number of hydrogen-bond acceptors (Lipinski definition) is 0. The zero-order chi connectivity index (χ0) is 25.1. The van der Waals surface area contributed by atoms with Gasteiger partial charge in [-0.3, -0.25) is 0 Å². The molecule has 0 radical (unpaired) electrons. The van der Waals surface area contributed by atoms with Gasteiger partial charge in [-0.05, 0) is 96.9 Å². The monoisotopic (exact) mass is 391 g/mol. The Balaban J connectivity index is 1.89. The SMILES string of the molecule is [2H]C([2H])([2H])c1cc(-c2c3ccc(C4CCC(C)(C)CC4)cc3cc[n+]2C)c(C)c(C([2H])([2H])C)c1. The summed E-state index contributed by atoms with van der Waals surface area (Å²) in [4.78, 5) is 0. The Labute approximate surface area is 183 Å². The standard InChI is InChI=1S/C28H36N/c1-7-21-16-19(2)17-26(20(21)3)27-25-9-8-23(18-24(25)12-15-29(27)6)22-10-13-28(4,5)14-11-22/h8-9,12,15-18,22H,7,10-11,13-14H2,1-6H3/q+1/i2D3,7D2. The van der Waals surface area contributed by atoms with Crippen LogP contribution in [0.4, 0.5) is 0 Å². The summed E-state index contributed by atoms with van der Waals surface area (Å²) in [7, 11) is 1.97. The van der Waals surface area contributed by atoms with Crippen LogP contribution in [0.15, 0.2) is 42.6 Å². The molecule has 4 rings (SSSR count). The second kappa shape index (κ2) is 7.59. The molecule has 29 heavy (non-hydrogen) atoms. The number of fused-ring (bicyclic) bond motifs is 1. The summed E-state index contributed by atoms with van der Waals surface area (Å²) in [6.07, 6.45) is 5.28. The number of rotatable bonds is 3. The van der Waals surface area contributed by atoms with Gasteiger partial charge in [0.15, 0.2) is 6.20 Å². The van der Waals surface area contributed by atoms with Crippen molar-refractivity contribution in [1.82, 2.24) is 0 Å². The fourth-order valence-electron chi connectivity index (χ4n) is 4.93. The van der Waals surface area contributed by atoms with Gasteiger partial charge in [-0.15, -0.1) is 0 Å². The highest BCUT2D eigenvalue weighted by Gasteiger charge is 2.28. The summed E-state index contributed by atoms with van der Waals surface area (Å²) in [5.74, 6) is 0.578. The molecule has 1 heteroatoms. The second-order valence-corrected chi connectivity index (χ2v) is 9.51. The lowest BCUT2D eigenvalue weighted by Crippen LogP contribution is -2.31.